The quantitative estimate of drug-likeness (QED) is 0.316. The zero-order valence-electron chi connectivity index (χ0n) is 25.5. The van der Waals surface area contributed by atoms with E-state index in [-0.39, 0.29) is 6.79 Å². The molecule has 2 aliphatic rings. The predicted molar refractivity (Wildman–Crippen MR) is 168 cm³/mol. The zero-order valence-corrected chi connectivity index (χ0v) is 25.5. The van der Waals surface area contributed by atoms with Gasteiger partial charge in [-0.05, 0) is 48.1 Å². The number of rotatable bonds is 8. The molecule has 1 N–H and O–H groups in total. The first kappa shape index (κ1) is 28.9. The van der Waals surface area contributed by atoms with Crippen LogP contribution in [0.2, 0.25) is 0 Å². The molecular formula is C34H45N5O2. The summed E-state index contributed by atoms with van der Waals surface area (Å²) in [6.07, 6.45) is 8.84. The molecule has 1 saturated heterocycles. The summed E-state index contributed by atoms with van der Waals surface area (Å²) in [5.74, 6) is 4.66. The van der Waals surface area contributed by atoms with Gasteiger partial charge in [-0.15, -0.1) is 0 Å². The first-order chi connectivity index (χ1) is 19.8. The van der Waals surface area contributed by atoms with Crippen LogP contribution in [-0.2, 0) is 13.0 Å². The predicted octanol–water partition coefficient (Wildman–Crippen LogP) is 7.17. The van der Waals surface area contributed by atoms with Crippen LogP contribution < -0.4 is 14.8 Å². The lowest BCUT2D eigenvalue weighted by molar-refractivity contribution is 0.151. The Morgan fingerprint density at radius 1 is 1.05 bits per heavy atom. The molecule has 2 aromatic carbocycles. The minimum Gasteiger partial charge on any atom is -0.454 e. The van der Waals surface area contributed by atoms with Crippen molar-refractivity contribution in [1.29, 1.82) is 0 Å². The number of fused-ring (bicyclic) bond motifs is 2. The number of anilines is 2. The highest BCUT2D eigenvalue weighted by molar-refractivity contribution is 5.93. The van der Waals surface area contributed by atoms with E-state index in [0.29, 0.717) is 24.3 Å². The van der Waals surface area contributed by atoms with Crippen molar-refractivity contribution in [3.63, 3.8) is 0 Å². The molecule has 0 saturated carbocycles. The van der Waals surface area contributed by atoms with Crippen LogP contribution in [0.3, 0.4) is 0 Å². The number of aryl methyl sites for hydroxylation is 1. The van der Waals surface area contributed by atoms with Crippen LogP contribution in [0.5, 0.6) is 11.5 Å². The molecule has 3 heterocycles. The second-order valence-corrected chi connectivity index (χ2v) is 12.0. The number of ether oxygens (including phenoxy) is 2. The summed E-state index contributed by atoms with van der Waals surface area (Å²) >= 11 is 0. The van der Waals surface area contributed by atoms with Gasteiger partial charge in [0.15, 0.2) is 11.5 Å². The van der Waals surface area contributed by atoms with E-state index in [2.05, 4.69) is 93.2 Å². The summed E-state index contributed by atoms with van der Waals surface area (Å²) in [4.78, 5) is 15.3. The van der Waals surface area contributed by atoms with E-state index in [1.807, 2.05) is 18.2 Å². The summed E-state index contributed by atoms with van der Waals surface area (Å²) in [6.45, 7) is 15.3. The van der Waals surface area contributed by atoms with Crippen LogP contribution in [0.4, 0.5) is 11.5 Å². The molecule has 1 aromatic heterocycles. The fourth-order valence-corrected chi connectivity index (χ4v) is 6.01. The Balaban J connectivity index is 1.46. The highest BCUT2D eigenvalue weighted by atomic mass is 16.7. The number of para-hydroxylation sites is 1. The summed E-state index contributed by atoms with van der Waals surface area (Å²) in [5.41, 5.74) is 4.60. The zero-order chi connectivity index (χ0) is 28.9. The third-order valence-corrected chi connectivity index (χ3v) is 7.77. The van der Waals surface area contributed by atoms with Crippen LogP contribution >= 0.6 is 0 Å². The van der Waals surface area contributed by atoms with Crippen molar-refractivity contribution in [1.82, 2.24) is 19.8 Å². The first-order valence-electron chi connectivity index (χ1n) is 15.1. The second kappa shape index (κ2) is 12.9. The van der Waals surface area contributed by atoms with Crippen molar-refractivity contribution in [2.45, 2.75) is 54.0 Å². The second-order valence-electron chi connectivity index (χ2n) is 12.0. The number of allylic oxidation sites excluding steroid dienone is 3. The van der Waals surface area contributed by atoms with Gasteiger partial charge in [-0.2, -0.15) is 0 Å². The Hall–Kier alpha value is -3.58. The molecule has 0 radical (unpaired) electrons. The molecule has 7 nitrogen and oxygen atoms in total. The Morgan fingerprint density at radius 3 is 2.68 bits per heavy atom. The van der Waals surface area contributed by atoms with Gasteiger partial charge in [0.05, 0.1) is 12.1 Å². The van der Waals surface area contributed by atoms with Crippen LogP contribution in [0.1, 0.15) is 52.4 Å². The standard InChI is InChI=1S/C34H45N5O2/c1-7-10-26-12-9-13-28-33(26)36-32(37-34(28)35-27-15-16-30-31(17-27)41-22-40-30)21-39-19-24(4)18-38(6)29(25(5)20-39)14-8-11-23(2)3/h8-9,11-17,23-25H,7,10,18-22H2,1-6H3,(H,35,36,37)/b11-8-,29-14-. The maximum atomic E-state index is 5.62. The maximum absolute atomic E-state index is 5.62. The monoisotopic (exact) mass is 555 g/mol. The number of nitrogens with one attached hydrogen (secondary N) is 1. The smallest absolute Gasteiger partial charge is 0.231 e. The average Bonchev–Trinajstić information content (AvgIpc) is 3.39. The minimum atomic E-state index is 0.257. The summed E-state index contributed by atoms with van der Waals surface area (Å²) in [6, 6.07) is 12.4. The van der Waals surface area contributed by atoms with Crippen LogP contribution in [0.25, 0.3) is 10.9 Å². The fourth-order valence-electron chi connectivity index (χ4n) is 6.01. The van der Waals surface area contributed by atoms with Gasteiger partial charge in [0.25, 0.3) is 0 Å². The van der Waals surface area contributed by atoms with Gasteiger partial charge < -0.3 is 19.7 Å². The van der Waals surface area contributed by atoms with Crippen molar-refractivity contribution in [2.24, 2.45) is 17.8 Å². The molecule has 7 heteroatoms. The van der Waals surface area contributed by atoms with Gasteiger partial charge in [0.1, 0.15) is 11.6 Å². The van der Waals surface area contributed by atoms with E-state index in [1.54, 1.807) is 0 Å². The number of nitrogens with zero attached hydrogens (tertiary/aromatic N) is 4. The van der Waals surface area contributed by atoms with Gasteiger partial charge in [0, 0.05) is 55.4 Å². The van der Waals surface area contributed by atoms with Crippen molar-refractivity contribution in [3.8, 4) is 11.5 Å². The third kappa shape index (κ3) is 7.02. The molecular weight excluding hydrogens is 510 g/mol. The van der Waals surface area contributed by atoms with Crippen molar-refractivity contribution < 1.29 is 9.47 Å². The lowest BCUT2D eigenvalue weighted by atomic mass is 9.99. The Bertz CT molecular complexity index is 1420. The molecule has 2 unspecified atom stereocenters. The normalized spacial score (nSPS) is 20.8. The van der Waals surface area contributed by atoms with Gasteiger partial charge in [-0.1, -0.05) is 65.3 Å². The van der Waals surface area contributed by atoms with Gasteiger partial charge in [-0.3, -0.25) is 4.90 Å². The SMILES string of the molecule is CCCc1cccc2c(Nc3ccc4c(c3)OCO4)nc(CN3CC(C)CN(C)/C(=C\C=C/C(C)C)C(C)C3)nc12. The molecule has 2 aliphatic heterocycles. The number of hydrogen-bond donors (Lipinski definition) is 1. The summed E-state index contributed by atoms with van der Waals surface area (Å²) in [7, 11) is 2.23. The molecule has 0 aliphatic carbocycles. The lowest BCUT2D eigenvalue weighted by Gasteiger charge is -2.37. The average molecular weight is 556 g/mol. The van der Waals surface area contributed by atoms with Gasteiger partial charge in [-0.25, -0.2) is 9.97 Å². The summed E-state index contributed by atoms with van der Waals surface area (Å²) in [5, 5.41) is 4.62. The van der Waals surface area contributed by atoms with E-state index in [0.717, 1.165) is 72.2 Å². The van der Waals surface area contributed by atoms with E-state index >= 15 is 0 Å². The Kier molecular flexibility index (Phi) is 9.13. The molecule has 0 bridgehead atoms. The lowest BCUT2D eigenvalue weighted by Crippen LogP contribution is -2.42. The van der Waals surface area contributed by atoms with Crippen molar-refractivity contribution >= 4 is 22.4 Å². The molecule has 5 rings (SSSR count). The maximum Gasteiger partial charge on any atom is 0.231 e. The highest BCUT2D eigenvalue weighted by Gasteiger charge is 2.25. The van der Waals surface area contributed by atoms with E-state index in [1.165, 1.54) is 11.3 Å². The van der Waals surface area contributed by atoms with Crippen LogP contribution in [-0.4, -0.2) is 53.2 Å². The largest absolute Gasteiger partial charge is 0.454 e. The number of aromatic nitrogens is 2. The fraction of sp³-hybridized carbons (Fsp3) is 0.471. The van der Waals surface area contributed by atoms with E-state index < -0.39 is 0 Å². The molecule has 0 spiro atoms. The summed E-state index contributed by atoms with van der Waals surface area (Å²) < 4.78 is 11.1. The van der Waals surface area contributed by atoms with E-state index in [9.17, 15) is 0 Å². The molecule has 3 aromatic rings. The molecule has 1 fully saturated rings. The third-order valence-electron chi connectivity index (χ3n) is 7.77. The minimum absolute atomic E-state index is 0.257. The first-order valence-corrected chi connectivity index (χ1v) is 15.1. The number of hydrogen-bond acceptors (Lipinski definition) is 7. The van der Waals surface area contributed by atoms with E-state index in [4.69, 9.17) is 19.4 Å². The number of benzene rings is 2. The van der Waals surface area contributed by atoms with Gasteiger partial charge in [0.2, 0.25) is 6.79 Å². The molecule has 218 valence electrons. The van der Waals surface area contributed by atoms with Crippen LogP contribution in [0.15, 0.2) is 60.3 Å². The van der Waals surface area contributed by atoms with Gasteiger partial charge >= 0.3 is 0 Å². The Morgan fingerprint density at radius 2 is 1.88 bits per heavy atom. The topological polar surface area (TPSA) is 62.8 Å². The van der Waals surface area contributed by atoms with Crippen molar-refractivity contribution in [3.05, 3.63) is 71.7 Å². The molecule has 0 amide bonds. The molecule has 41 heavy (non-hydrogen) atoms. The van der Waals surface area contributed by atoms with Crippen LogP contribution in [0, 0.1) is 17.8 Å². The van der Waals surface area contributed by atoms with Crippen molar-refractivity contribution in [2.75, 3.05) is 38.8 Å². The Labute approximate surface area is 245 Å². The highest BCUT2D eigenvalue weighted by Crippen LogP contribution is 2.36. The molecule has 2 atom stereocenters.